The van der Waals surface area contributed by atoms with Gasteiger partial charge in [0.2, 0.25) is 5.91 Å². The molecule has 0 saturated heterocycles. The van der Waals surface area contributed by atoms with Gasteiger partial charge in [0.05, 0.1) is 4.90 Å². The van der Waals surface area contributed by atoms with Gasteiger partial charge in [0.1, 0.15) is 0 Å². The van der Waals surface area contributed by atoms with Gasteiger partial charge in [-0.1, -0.05) is 29.8 Å². The third-order valence-electron chi connectivity index (χ3n) is 2.04. The lowest BCUT2D eigenvalue weighted by Gasteiger charge is -2.09. The molecule has 1 amide bonds. The number of halogens is 1. The van der Waals surface area contributed by atoms with Gasteiger partial charge >= 0.3 is 0 Å². The first kappa shape index (κ1) is 15.1. The standard InChI is InChI=1S/C11H15BrN2O3S/c1-8(2)7-11(15)13-14-18(16,17)10-5-3-9(12)4-6-10/h3-6,8,14H,7H2,1-2H3,(H,13,15). The third-order valence-corrected chi connectivity index (χ3v) is 3.83. The molecule has 1 aromatic carbocycles. The number of amides is 1. The molecule has 0 bridgehead atoms. The number of benzene rings is 1. The predicted molar refractivity (Wildman–Crippen MR) is 72.1 cm³/mol. The Hall–Kier alpha value is -0.920. The molecular weight excluding hydrogens is 320 g/mol. The summed E-state index contributed by atoms with van der Waals surface area (Å²) in [6.07, 6.45) is 0.267. The minimum Gasteiger partial charge on any atom is -0.278 e. The molecule has 0 heterocycles. The zero-order valence-electron chi connectivity index (χ0n) is 10.1. The van der Waals surface area contributed by atoms with Gasteiger partial charge in [0.15, 0.2) is 0 Å². The predicted octanol–water partition coefficient (Wildman–Crippen LogP) is 1.80. The average Bonchev–Trinajstić information content (AvgIpc) is 2.26. The summed E-state index contributed by atoms with van der Waals surface area (Å²) in [5.41, 5.74) is 2.18. The zero-order valence-corrected chi connectivity index (χ0v) is 12.5. The molecule has 2 N–H and O–H groups in total. The van der Waals surface area contributed by atoms with E-state index in [1.807, 2.05) is 13.8 Å². The van der Waals surface area contributed by atoms with Crippen LogP contribution in [0.3, 0.4) is 0 Å². The molecule has 0 aliphatic rings. The molecule has 0 unspecified atom stereocenters. The molecule has 5 nitrogen and oxygen atoms in total. The van der Waals surface area contributed by atoms with Crippen LogP contribution in [0.15, 0.2) is 33.6 Å². The quantitative estimate of drug-likeness (QED) is 0.806. The van der Waals surface area contributed by atoms with E-state index in [1.54, 1.807) is 12.1 Å². The van der Waals surface area contributed by atoms with Crippen molar-refractivity contribution in [2.75, 3.05) is 0 Å². The molecule has 1 rings (SSSR count). The molecular formula is C11H15BrN2O3S. The van der Waals surface area contributed by atoms with Crippen LogP contribution in [0, 0.1) is 5.92 Å². The SMILES string of the molecule is CC(C)CC(=O)NNS(=O)(=O)c1ccc(Br)cc1. The fraction of sp³-hybridized carbons (Fsp3) is 0.364. The topological polar surface area (TPSA) is 75.3 Å². The Bertz CT molecular complexity index is 512. The minimum absolute atomic E-state index is 0.0931. The van der Waals surface area contributed by atoms with Crippen LogP contribution >= 0.6 is 15.9 Å². The van der Waals surface area contributed by atoms with Crippen molar-refractivity contribution < 1.29 is 13.2 Å². The van der Waals surface area contributed by atoms with Crippen molar-refractivity contribution in [2.45, 2.75) is 25.2 Å². The highest BCUT2D eigenvalue weighted by Crippen LogP contribution is 2.13. The van der Waals surface area contributed by atoms with Gasteiger partial charge in [0, 0.05) is 10.9 Å². The second-order valence-electron chi connectivity index (χ2n) is 4.21. The smallest absolute Gasteiger partial charge is 0.257 e. The van der Waals surface area contributed by atoms with Gasteiger partial charge in [-0.2, -0.15) is 0 Å². The Labute approximate surface area is 115 Å². The number of nitrogens with one attached hydrogen (secondary N) is 2. The molecule has 0 aromatic heterocycles. The Morgan fingerprint density at radius 3 is 2.33 bits per heavy atom. The van der Waals surface area contributed by atoms with Crippen LogP contribution in [0.25, 0.3) is 0 Å². The number of hydrogen-bond acceptors (Lipinski definition) is 3. The molecule has 0 aliphatic heterocycles. The minimum atomic E-state index is -3.71. The molecule has 0 saturated carbocycles. The Morgan fingerprint density at radius 2 is 1.83 bits per heavy atom. The lowest BCUT2D eigenvalue weighted by molar-refractivity contribution is -0.122. The maximum absolute atomic E-state index is 11.8. The van der Waals surface area contributed by atoms with Crippen LogP contribution in [0.1, 0.15) is 20.3 Å². The summed E-state index contributed by atoms with van der Waals surface area (Å²) in [6, 6.07) is 6.12. The normalized spacial score (nSPS) is 11.6. The van der Waals surface area contributed by atoms with E-state index in [0.717, 1.165) is 4.47 Å². The van der Waals surface area contributed by atoms with Crippen LogP contribution in [0.5, 0.6) is 0 Å². The van der Waals surface area contributed by atoms with Crippen LogP contribution in [-0.2, 0) is 14.8 Å². The molecule has 0 aliphatic carbocycles. The number of carbonyl (C=O) groups is 1. The fourth-order valence-electron chi connectivity index (χ4n) is 1.22. The monoisotopic (exact) mass is 334 g/mol. The molecule has 0 radical (unpaired) electrons. The third kappa shape index (κ3) is 4.75. The van der Waals surface area contributed by atoms with E-state index in [2.05, 4.69) is 26.2 Å². The van der Waals surface area contributed by atoms with Crippen LogP contribution < -0.4 is 10.3 Å². The molecule has 1 aromatic rings. The van der Waals surface area contributed by atoms with E-state index in [9.17, 15) is 13.2 Å². The summed E-state index contributed by atoms with van der Waals surface area (Å²) in [5, 5.41) is 0. The fourth-order valence-corrected chi connectivity index (χ4v) is 2.34. The lowest BCUT2D eigenvalue weighted by Crippen LogP contribution is -2.41. The number of rotatable bonds is 5. The van der Waals surface area contributed by atoms with Crippen molar-refractivity contribution in [3.8, 4) is 0 Å². The highest BCUT2D eigenvalue weighted by atomic mass is 79.9. The summed E-state index contributed by atoms with van der Waals surface area (Å²) >= 11 is 3.22. The first-order valence-corrected chi connectivity index (χ1v) is 7.65. The highest BCUT2D eigenvalue weighted by Gasteiger charge is 2.15. The van der Waals surface area contributed by atoms with E-state index in [4.69, 9.17) is 0 Å². The van der Waals surface area contributed by atoms with E-state index in [0.29, 0.717) is 0 Å². The van der Waals surface area contributed by atoms with Crippen molar-refractivity contribution in [3.63, 3.8) is 0 Å². The van der Waals surface area contributed by atoms with Gasteiger partial charge in [-0.25, -0.2) is 8.42 Å². The summed E-state index contributed by atoms with van der Waals surface area (Å²) in [5.74, 6) is -0.187. The van der Waals surface area contributed by atoms with Crippen molar-refractivity contribution in [3.05, 3.63) is 28.7 Å². The van der Waals surface area contributed by atoms with Gasteiger partial charge < -0.3 is 0 Å². The van der Waals surface area contributed by atoms with Gasteiger partial charge in [-0.15, -0.1) is 4.83 Å². The van der Waals surface area contributed by atoms with Crippen molar-refractivity contribution in [1.29, 1.82) is 0 Å². The largest absolute Gasteiger partial charge is 0.278 e. The van der Waals surface area contributed by atoms with E-state index >= 15 is 0 Å². The Balaban J connectivity index is 2.66. The maximum atomic E-state index is 11.8. The number of carbonyl (C=O) groups excluding carboxylic acids is 1. The number of hydrogen-bond donors (Lipinski definition) is 2. The first-order chi connectivity index (χ1) is 8.31. The Morgan fingerprint density at radius 1 is 1.28 bits per heavy atom. The van der Waals surface area contributed by atoms with Gasteiger partial charge in [0.25, 0.3) is 10.0 Å². The summed E-state index contributed by atoms with van der Waals surface area (Å²) in [7, 11) is -3.71. The van der Waals surface area contributed by atoms with E-state index in [-0.39, 0.29) is 23.1 Å². The van der Waals surface area contributed by atoms with Crippen molar-refractivity contribution >= 4 is 31.9 Å². The zero-order chi connectivity index (χ0) is 13.8. The summed E-state index contributed by atoms with van der Waals surface area (Å²) in [4.78, 5) is 13.5. The molecule has 0 spiro atoms. The van der Waals surface area contributed by atoms with Crippen LogP contribution in [0.2, 0.25) is 0 Å². The van der Waals surface area contributed by atoms with E-state index < -0.39 is 10.0 Å². The summed E-state index contributed by atoms with van der Waals surface area (Å²) < 4.78 is 24.4. The molecule has 7 heteroatoms. The van der Waals surface area contributed by atoms with E-state index in [1.165, 1.54) is 12.1 Å². The number of hydrazine groups is 1. The lowest BCUT2D eigenvalue weighted by atomic mass is 10.1. The van der Waals surface area contributed by atoms with Gasteiger partial charge in [-0.05, 0) is 30.2 Å². The Kier molecular flexibility index (Phi) is 5.30. The van der Waals surface area contributed by atoms with Crippen molar-refractivity contribution in [1.82, 2.24) is 10.3 Å². The molecule has 100 valence electrons. The summed E-state index contributed by atoms with van der Waals surface area (Å²) in [6.45, 7) is 3.76. The molecule has 0 atom stereocenters. The molecule has 18 heavy (non-hydrogen) atoms. The second kappa shape index (κ2) is 6.31. The van der Waals surface area contributed by atoms with Crippen LogP contribution in [0.4, 0.5) is 0 Å². The van der Waals surface area contributed by atoms with Gasteiger partial charge in [-0.3, -0.25) is 10.2 Å². The van der Waals surface area contributed by atoms with Crippen molar-refractivity contribution in [2.24, 2.45) is 5.92 Å². The maximum Gasteiger partial charge on any atom is 0.257 e. The van der Waals surface area contributed by atoms with Crippen LogP contribution in [-0.4, -0.2) is 14.3 Å². The highest BCUT2D eigenvalue weighted by molar-refractivity contribution is 9.10. The molecule has 0 fully saturated rings. The first-order valence-electron chi connectivity index (χ1n) is 5.37. The number of sulfonamides is 1. The second-order valence-corrected chi connectivity index (χ2v) is 6.80. The average molecular weight is 335 g/mol.